The molecule has 13 atom stereocenters. The van der Waals surface area contributed by atoms with Crippen molar-refractivity contribution in [1.29, 1.82) is 0 Å². The van der Waals surface area contributed by atoms with E-state index < -0.39 is 151 Å². The van der Waals surface area contributed by atoms with Crippen LogP contribution in [-0.4, -0.2) is 181 Å². The number of nitrogens with two attached hydrogens (primary N) is 4. The summed E-state index contributed by atoms with van der Waals surface area (Å²) < 4.78 is 0. The highest BCUT2D eigenvalue weighted by molar-refractivity contribution is 5.99. The van der Waals surface area contributed by atoms with E-state index in [1.54, 1.807) is 58.0 Å². The Kier molecular flexibility index (Phi) is 34.8. The number of nitrogens with one attached hydrogen (secondary N) is 11. The SMILES string of the molecule is CCC(C)CCCCC(=O)NC(CCN)C(=O)NC(C(=O)NC(CCN)C(=O)NC1CCNC(=O)C(C(C)O)NC(=O)C(Cc2ccccc2)NC(=O)C(CCN)NC(=O)C(CC(C)C)NC(=O)C(CC(C)C)NC(=O)C(CCN)NC1=O)C(C)O. The second-order valence-electron chi connectivity index (χ2n) is 23.1. The highest BCUT2D eigenvalue weighted by atomic mass is 16.3. The van der Waals surface area contributed by atoms with E-state index in [0.717, 1.165) is 19.3 Å². The van der Waals surface area contributed by atoms with Crippen molar-refractivity contribution in [2.75, 3.05) is 32.7 Å². The first-order valence-electron chi connectivity index (χ1n) is 30.2. The lowest BCUT2D eigenvalue weighted by molar-refractivity contribution is -0.137. The third kappa shape index (κ3) is 27.2. The summed E-state index contributed by atoms with van der Waals surface area (Å²) in [5.41, 5.74) is 24.2. The molecule has 0 radical (unpaired) electrons. The van der Waals surface area contributed by atoms with Crippen LogP contribution in [0.2, 0.25) is 0 Å². The molecule has 0 bridgehead atoms. The summed E-state index contributed by atoms with van der Waals surface area (Å²) in [6.07, 6.45) is -0.720. The number of rotatable bonds is 29. The van der Waals surface area contributed by atoms with Crippen molar-refractivity contribution in [1.82, 2.24) is 58.5 Å². The summed E-state index contributed by atoms with van der Waals surface area (Å²) in [5, 5.41) is 50.2. The third-order valence-corrected chi connectivity index (χ3v) is 14.5. The van der Waals surface area contributed by atoms with Crippen LogP contribution >= 0.6 is 0 Å². The Hall–Kier alpha value is -6.85. The summed E-state index contributed by atoms with van der Waals surface area (Å²) in [7, 11) is 0. The second kappa shape index (κ2) is 39.8. The third-order valence-electron chi connectivity index (χ3n) is 14.5. The van der Waals surface area contributed by atoms with Crippen molar-refractivity contribution < 1.29 is 63.0 Å². The van der Waals surface area contributed by atoms with Crippen LogP contribution in [0.15, 0.2) is 30.3 Å². The van der Waals surface area contributed by atoms with Crippen molar-refractivity contribution in [2.45, 2.75) is 211 Å². The minimum atomic E-state index is -1.69. The zero-order valence-corrected chi connectivity index (χ0v) is 51.5. The smallest absolute Gasteiger partial charge is 0.245 e. The van der Waals surface area contributed by atoms with Gasteiger partial charge in [0.25, 0.3) is 0 Å². The molecule has 28 heteroatoms. The first-order valence-corrected chi connectivity index (χ1v) is 30.2. The summed E-state index contributed by atoms with van der Waals surface area (Å²) in [4.78, 5) is 154. The van der Waals surface area contributed by atoms with E-state index in [9.17, 15) is 63.0 Å². The normalized spacial score (nSPS) is 22.8. The van der Waals surface area contributed by atoms with Gasteiger partial charge in [0, 0.05) is 19.4 Å². The lowest BCUT2D eigenvalue weighted by Crippen LogP contribution is -2.62. The Balaban J connectivity index is 2.68. The van der Waals surface area contributed by atoms with Gasteiger partial charge >= 0.3 is 0 Å². The molecule has 486 valence electrons. The van der Waals surface area contributed by atoms with Crippen LogP contribution in [0.1, 0.15) is 138 Å². The number of aliphatic hydroxyl groups is 2. The summed E-state index contributed by atoms with van der Waals surface area (Å²) in [6, 6.07) is -6.01. The van der Waals surface area contributed by atoms with Crippen molar-refractivity contribution in [3.8, 4) is 0 Å². The highest BCUT2D eigenvalue weighted by Gasteiger charge is 2.38. The summed E-state index contributed by atoms with van der Waals surface area (Å²) in [6.45, 7) is 12.8. The van der Waals surface area contributed by atoms with E-state index >= 15 is 0 Å². The number of carbonyl (C=O) groups is 11. The van der Waals surface area contributed by atoms with Gasteiger partial charge in [0.1, 0.15) is 60.4 Å². The molecule has 1 aliphatic heterocycles. The zero-order valence-electron chi connectivity index (χ0n) is 51.5. The molecule has 0 aromatic heterocycles. The standard InChI is InChI=1S/C58H101N15O13/c1-9-34(6)15-13-14-18-46(76)64-38(19-24-59)53(81)73-48(36(8)75)58(86)68-41(22-27-62)49(77)67-42-23-28-63-57(85)47(35(7)74)72-56(84)45(31-37-16-11-10-12-17-37)71-51(79)40(21-26-61)66-54(82)43(29-32(2)3)70-55(83)44(30-33(4)5)69-50(78)39(20-25-60)65-52(42)80/h10-12,16-17,32-36,38-45,47-48,74-75H,9,13-15,18-31,59-62H2,1-8H3,(H,63,85)(H,64,76)(H,65,80)(H,66,82)(H,67,77)(H,68,86)(H,69,78)(H,70,83)(H,71,79)(H,72,84)(H,73,81). The lowest BCUT2D eigenvalue weighted by Gasteiger charge is -2.29. The highest BCUT2D eigenvalue weighted by Crippen LogP contribution is 2.15. The summed E-state index contributed by atoms with van der Waals surface area (Å²) in [5.74, 6) is -9.40. The molecule has 86 heavy (non-hydrogen) atoms. The first kappa shape index (κ1) is 75.2. The monoisotopic (exact) mass is 1220 g/mol. The van der Waals surface area contributed by atoms with Crippen LogP contribution in [0.4, 0.5) is 0 Å². The van der Waals surface area contributed by atoms with Crippen LogP contribution in [0.3, 0.4) is 0 Å². The van der Waals surface area contributed by atoms with Gasteiger partial charge in [0.05, 0.1) is 12.2 Å². The van der Waals surface area contributed by atoms with Crippen LogP contribution in [-0.2, 0) is 59.2 Å². The number of amides is 11. The molecule has 2 rings (SSSR count). The Morgan fingerprint density at radius 1 is 0.558 bits per heavy atom. The van der Waals surface area contributed by atoms with Gasteiger partial charge < -0.3 is 91.6 Å². The van der Waals surface area contributed by atoms with Crippen molar-refractivity contribution in [3.63, 3.8) is 0 Å². The molecular formula is C58H101N15O13. The quantitative estimate of drug-likeness (QED) is 0.0345. The molecule has 1 fully saturated rings. The molecule has 28 nitrogen and oxygen atoms in total. The predicted molar refractivity (Wildman–Crippen MR) is 322 cm³/mol. The number of benzene rings is 1. The van der Waals surface area contributed by atoms with Crippen molar-refractivity contribution in [3.05, 3.63) is 35.9 Å². The van der Waals surface area contributed by atoms with Crippen molar-refractivity contribution >= 4 is 65.0 Å². The average molecular weight is 1220 g/mol. The second-order valence-corrected chi connectivity index (χ2v) is 23.1. The van der Waals surface area contributed by atoms with Gasteiger partial charge in [0.15, 0.2) is 0 Å². The maximum Gasteiger partial charge on any atom is 0.245 e. The number of unbranched alkanes of at least 4 members (excludes halogenated alkanes) is 1. The molecule has 1 saturated heterocycles. The number of hydrogen-bond donors (Lipinski definition) is 17. The molecular weight excluding hydrogens is 1110 g/mol. The minimum Gasteiger partial charge on any atom is -0.391 e. The molecule has 1 aromatic carbocycles. The number of carbonyl (C=O) groups excluding carboxylic acids is 11. The molecule has 0 spiro atoms. The molecule has 1 aromatic rings. The predicted octanol–water partition coefficient (Wildman–Crippen LogP) is -3.55. The Bertz CT molecular complexity index is 2350. The van der Waals surface area contributed by atoms with E-state index in [0.29, 0.717) is 17.9 Å². The van der Waals surface area contributed by atoms with Crippen LogP contribution in [0.25, 0.3) is 0 Å². The Morgan fingerprint density at radius 2 is 1.05 bits per heavy atom. The van der Waals surface area contributed by atoms with E-state index in [1.807, 2.05) is 0 Å². The maximum absolute atomic E-state index is 14.5. The molecule has 11 amide bonds. The van der Waals surface area contributed by atoms with Gasteiger partial charge in [-0.25, -0.2) is 0 Å². The Morgan fingerprint density at radius 3 is 1.53 bits per heavy atom. The van der Waals surface area contributed by atoms with Gasteiger partial charge in [-0.2, -0.15) is 0 Å². The van der Waals surface area contributed by atoms with Crippen LogP contribution in [0.5, 0.6) is 0 Å². The molecule has 21 N–H and O–H groups in total. The van der Waals surface area contributed by atoms with Gasteiger partial charge in [-0.05, 0) is 115 Å². The fourth-order valence-electron chi connectivity index (χ4n) is 9.39. The largest absolute Gasteiger partial charge is 0.391 e. The summed E-state index contributed by atoms with van der Waals surface area (Å²) >= 11 is 0. The van der Waals surface area contributed by atoms with Gasteiger partial charge in [-0.1, -0.05) is 91.1 Å². The molecule has 13 unspecified atom stereocenters. The van der Waals surface area contributed by atoms with Gasteiger partial charge in [0.2, 0.25) is 65.0 Å². The maximum atomic E-state index is 14.5. The lowest BCUT2D eigenvalue weighted by atomic mass is 9.99. The Labute approximate surface area is 505 Å². The van der Waals surface area contributed by atoms with Gasteiger partial charge in [-0.3, -0.25) is 52.7 Å². The van der Waals surface area contributed by atoms with Gasteiger partial charge in [-0.15, -0.1) is 0 Å². The minimum absolute atomic E-state index is 0.0131. The molecule has 0 aliphatic carbocycles. The first-order chi connectivity index (χ1) is 40.7. The fraction of sp³-hybridized carbons (Fsp3) is 0.707. The van der Waals surface area contributed by atoms with Crippen LogP contribution in [0, 0.1) is 17.8 Å². The number of hydrogen-bond acceptors (Lipinski definition) is 17. The van der Waals surface area contributed by atoms with E-state index in [4.69, 9.17) is 22.9 Å². The van der Waals surface area contributed by atoms with E-state index in [1.165, 1.54) is 13.8 Å². The average Bonchev–Trinajstić information content (AvgIpc) is 3.33. The molecule has 0 saturated carbocycles. The number of aliphatic hydroxyl groups excluding tert-OH is 2. The topological polar surface area (TPSA) is 465 Å². The van der Waals surface area contributed by atoms with Crippen molar-refractivity contribution in [2.24, 2.45) is 40.7 Å². The molecule has 1 heterocycles. The van der Waals surface area contributed by atoms with E-state index in [2.05, 4.69) is 72.3 Å². The van der Waals surface area contributed by atoms with Crippen LogP contribution < -0.4 is 81.4 Å². The fourth-order valence-corrected chi connectivity index (χ4v) is 9.39. The van der Waals surface area contributed by atoms with E-state index in [-0.39, 0.29) is 89.4 Å². The zero-order chi connectivity index (χ0) is 64.6. The molecule has 1 aliphatic rings.